The Bertz CT molecular complexity index is 1190. The van der Waals surface area contributed by atoms with E-state index in [2.05, 4.69) is 4.72 Å². The standard InChI is InChI=1S/C22H21ClN2O4S.CH4.Na/c1-22(2,3)16-4-7-18(8-5-16)30(28,29)24-20-9-6-17(23)14-19(20)21(26)15-10-12-25(27)13-11-15;;/h4-14H,1-3H3,(H-,24,26,27);1H4;/q;;+1. The van der Waals surface area contributed by atoms with E-state index >= 15 is 0 Å². The number of pyridine rings is 1. The van der Waals surface area contributed by atoms with Gasteiger partial charge in [0.2, 0.25) is 12.4 Å². The van der Waals surface area contributed by atoms with Gasteiger partial charge in [0.15, 0.2) is 5.78 Å². The van der Waals surface area contributed by atoms with Crippen LogP contribution in [0.3, 0.4) is 0 Å². The molecule has 2 aromatic carbocycles. The number of aromatic nitrogens is 1. The van der Waals surface area contributed by atoms with Crippen LogP contribution in [0.25, 0.3) is 4.72 Å². The van der Waals surface area contributed by atoms with Gasteiger partial charge in [0.1, 0.15) is 10.0 Å². The molecule has 0 radical (unpaired) electrons. The summed E-state index contributed by atoms with van der Waals surface area (Å²) in [5.41, 5.74) is 1.18. The van der Waals surface area contributed by atoms with E-state index in [-0.39, 0.29) is 69.1 Å². The van der Waals surface area contributed by atoms with Gasteiger partial charge in [-0.1, -0.05) is 58.0 Å². The third kappa shape index (κ3) is 6.56. The second-order valence-corrected chi connectivity index (χ2v) is 9.84. The maximum Gasteiger partial charge on any atom is 1.00 e. The van der Waals surface area contributed by atoms with Crippen LogP contribution in [0.5, 0.6) is 0 Å². The van der Waals surface area contributed by atoms with Crippen LogP contribution in [0, 0.1) is 0 Å². The number of hydrogen-bond acceptors (Lipinski definition) is 4. The van der Waals surface area contributed by atoms with Crippen molar-refractivity contribution in [1.29, 1.82) is 0 Å². The SMILES string of the molecule is C.CC(C)(C)c1ccc(S(=O)(=O)[N-]c2ccc(Cl)cc2C(=O)c2cc[n+](O)cc2)cc1.[Na+]. The summed E-state index contributed by atoms with van der Waals surface area (Å²) in [6.07, 6.45) is 2.59. The second kappa shape index (κ2) is 10.8. The molecular formula is C23H25ClN2NaO4S+. The summed E-state index contributed by atoms with van der Waals surface area (Å²) >= 11 is 6.03. The van der Waals surface area contributed by atoms with E-state index < -0.39 is 15.8 Å². The Kier molecular flexibility index (Phi) is 9.51. The van der Waals surface area contributed by atoms with Gasteiger partial charge in [0, 0.05) is 33.0 Å². The van der Waals surface area contributed by atoms with Crippen molar-refractivity contribution in [3.8, 4) is 0 Å². The molecule has 0 aliphatic heterocycles. The quantitative estimate of drug-likeness (QED) is 0.261. The number of hydrogen-bond donors (Lipinski definition) is 1. The zero-order valence-electron chi connectivity index (χ0n) is 17.7. The minimum absolute atomic E-state index is 0. The summed E-state index contributed by atoms with van der Waals surface area (Å²) in [6.45, 7) is 6.11. The normalized spacial score (nSPS) is 11.1. The van der Waals surface area contributed by atoms with E-state index in [1.807, 2.05) is 20.8 Å². The van der Waals surface area contributed by atoms with Crippen LogP contribution in [0.4, 0.5) is 5.69 Å². The number of nitrogens with zero attached hydrogens (tertiary/aromatic N) is 2. The van der Waals surface area contributed by atoms with E-state index in [0.717, 1.165) is 10.3 Å². The molecule has 0 spiro atoms. The fourth-order valence-corrected chi connectivity index (χ4v) is 3.98. The van der Waals surface area contributed by atoms with E-state index in [1.165, 1.54) is 54.9 Å². The molecule has 0 aliphatic rings. The summed E-state index contributed by atoms with van der Waals surface area (Å²) < 4.78 is 30.4. The number of sulfonamides is 1. The van der Waals surface area contributed by atoms with Crippen molar-refractivity contribution in [2.24, 2.45) is 0 Å². The van der Waals surface area contributed by atoms with Crippen LogP contribution in [0.2, 0.25) is 5.02 Å². The molecule has 0 saturated carbocycles. The Morgan fingerprint density at radius 1 is 1.00 bits per heavy atom. The molecule has 0 amide bonds. The maximum absolute atomic E-state index is 12.9. The summed E-state index contributed by atoms with van der Waals surface area (Å²) in [5, 5.41) is 9.62. The predicted octanol–water partition coefficient (Wildman–Crippen LogP) is 2.43. The predicted molar refractivity (Wildman–Crippen MR) is 121 cm³/mol. The molecule has 0 unspecified atom stereocenters. The molecule has 0 saturated heterocycles. The van der Waals surface area contributed by atoms with Crippen molar-refractivity contribution in [3.05, 3.63) is 93.4 Å². The van der Waals surface area contributed by atoms with E-state index in [4.69, 9.17) is 11.6 Å². The van der Waals surface area contributed by atoms with Gasteiger partial charge in [-0.05, 0) is 35.2 Å². The fourth-order valence-electron chi connectivity index (χ4n) is 2.80. The Balaban J connectivity index is 0.00000256. The average molecular weight is 484 g/mol. The first-order valence-electron chi connectivity index (χ1n) is 9.11. The van der Waals surface area contributed by atoms with Gasteiger partial charge in [-0.3, -0.25) is 10.0 Å². The van der Waals surface area contributed by atoms with Gasteiger partial charge in [0.25, 0.3) is 0 Å². The van der Waals surface area contributed by atoms with Gasteiger partial charge in [-0.25, -0.2) is 8.42 Å². The zero-order chi connectivity index (χ0) is 22.1. The van der Waals surface area contributed by atoms with Gasteiger partial charge in [0.05, 0.1) is 4.90 Å². The third-order valence-corrected chi connectivity index (χ3v) is 6.06. The van der Waals surface area contributed by atoms with Crippen LogP contribution >= 0.6 is 11.6 Å². The molecule has 0 atom stereocenters. The first-order valence-corrected chi connectivity index (χ1v) is 10.9. The number of benzene rings is 2. The second-order valence-electron chi connectivity index (χ2n) is 7.80. The first kappa shape index (κ1) is 28.1. The van der Waals surface area contributed by atoms with Gasteiger partial charge >= 0.3 is 29.6 Å². The number of halogens is 1. The molecule has 3 aromatic rings. The number of carbonyl (C=O) groups is 1. The molecule has 0 bridgehead atoms. The molecule has 9 heteroatoms. The molecule has 164 valence electrons. The smallest absolute Gasteiger partial charge is 0.572 e. The largest absolute Gasteiger partial charge is 1.00 e. The minimum Gasteiger partial charge on any atom is -0.572 e. The van der Waals surface area contributed by atoms with Crippen LogP contribution in [0.1, 0.15) is 49.7 Å². The van der Waals surface area contributed by atoms with Gasteiger partial charge in [-0.2, -0.15) is 0 Å². The Morgan fingerprint density at radius 2 is 1.56 bits per heavy atom. The van der Waals surface area contributed by atoms with Gasteiger partial charge < -0.3 is 4.72 Å². The maximum atomic E-state index is 12.9. The molecule has 0 aliphatic carbocycles. The van der Waals surface area contributed by atoms with Crippen molar-refractivity contribution in [1.82, 2.24) is 0 Å². The summed E-state index contributed by atoms with van der Waals surface area (Å²) in [6, 6.07) is 13.6. The number of ketones is 1. The number of carbonyl (C=O) groups excluding carboxylic acids is 1. The Hall–Kier alpha value is -1.90. The molecule has 1 N–H and O–H groups in total. The van der Waals surface area contributed by atoms with E-state index in [0.29, 0.717) is 0 Å². The van der Waals surface area contributed by atoms with Crippen LogP contribution in [-0.2, 0) is 15.4 Å². The molecule has 6 nitrogen and oxygen atoms in total. The monoisotopic (exact) mass is 483 g/mol. The molecule has 0 fully saturated rings. The molecule has 1 aromatic heterocycles. The zero-order valence-corrected chi connectivity index (χ0v) is 21.3. The summed E-state index contributed by atoms with van der Waals surface area (Å²) in [4.78, 5) is 12.9. The summed E-state index contributed by atoms with van der Waals surface area (Å²) in [5.74, 6) is -0.463. The van der Waals surface area contributed by atoms with Crippen LogP contribution in [0.15, 0.2) is 71.9 Å². The summed E-state index contributed by atoms with van der Waals surface area (Å²) in [7, 11) is -4.05. The Labute approximate surface area is 216 Å². The Morgan fingerprint density at radius 3 is 2.09 bits per heavy atom. The van der Waals surface area contributed by atoms with Crippen molar-refractivity contribution in [2.75, 3.05) is 0 Å². The first-order chi connectivity index (χ1) is 14.0. The van der Waals surface area contributed by atoms with E-state index in [1.54, 1.807) is 12.1 Å². The van der Waals surface area contributed by atoms with Crippen molar-refractivity contribution >= 4 is 33.1 Å². The number of rotatable bonds is 5. The topological polar surface area (TPSA) is 89.4 Å². The van der Waals surface area contributed by atoms with Gasteiger partial charge in [-0.15, -0.1) is 5.69 Å². The average Bonchev–Trinajstić information content (AvgIpc) is 2.69. The van der Waals surface area contributed by atoms with Crippen molar-refractivity contribution in [2.45, 2.75) is 38.5 Å². The molecular weight excluding hydrogens is 459 g/mol. The molecule has 1 heterocycles. The third-order valence-electron chi connectivity index (χ3n) is 4.52. The van der Waals surface area contributed by atoms with Crippen LogP contribution in [-0.4, -0.2) is 19.4 Å². The minimum atomic E-state index is -4.05. The van der Waals surface area contributed by atoms with Crippen molar-refractivity contribution < 1.29 is 52.7 Å². The van der Waals surface area contributed by atoms with Crippen LogP contribution < -0.4 is 34.3 Å². The van der Waals surface area contributed by atoms with E-state index in [9.17, 15) is 18.4 Å². The fraction of sp³-hybridized carbons (Fsp3) is 0.217. The molecule has 32 heavy (non-hydrogen) atoms. The molecule has 3 rings (SSSR count). The van der Waals surface area contributed by atoms with Crippen molar-refractivity contribution in [3.63, 3.8) is 0 Å².